The van der Waals surface area contributed by atoms with E-state index in [1.807, 2.05) is 0 Å². The molecule has 1 amide bonds. The maximum atomic E-state index is 12.6. The first-order valence-corrected chi connectivity index (χ1v) is 9.59. The Bertz CT molecular complexity index is 574. The highest BCUT2D eigenvalue weighted by atomic mass is 16.5. The van der Waals surface area contributed by atoms with Crippen LogP contribution in [0.5, 0.6) is 5.75 Å². The number of aliphatic hydroxyl groups is 1. The van der Waals surface area contributed by atoms with Crippen LogP contribution >= 0.6 is 0 Å². The van der Waals surface area contributed by atoms with Gasteiger partial charge in [0.05, 0.1) is 18.8 Å². The molecule has 1 saturated heterocycles. The lowest BCUT2D eigenvalue weighted by atomic mass is 10.1. The maximum Gasteiger partial charge on any atom is 0.251 e. The first-order valence-electron chi connectivity index (χ1n) is 9.59. The fourth-order valence-corrected chi connectivity index (χ4v) is 3.39. The molecule has 3 rings (SSSR count). The molecule has 2 fully saturated rings. The van der Waals surface area contributed by atoms with Gasteiger partial charge in [0, 0.05) is 25.8 Å². The van der Waals surface area contributed by atoms with Gasteiger partial charge in [-0.3, -0.25) is 4.79 Å². The molecule has 0 bridgehead atoms. The number of rotatable bonds is 8. The molecule has 0 spiro atoms. The lowest BCUT2D eigenvalue weighted by molar-refractivity contribution is 0.0799. The van der Waals surface area contributed by atoms with Crippen molar-refractivity contribution in [1.82, 2.24) is 10.2 Å². The van der Waals surface area contributed by atoms with Crippen molar-refractivity contribution in [1.29, 1.82) is 0 Å². The molecule has 0 aromatic heterocycles. The van der Waals surface area contributed by atoms with Crippen molar-refractivity contribution in [2.75, 3.05) is 40.0 Å². The van der Waals surface area contributed by atoms with Crippen LogP contribution in [-0.2, 0) is 4.74 Å². The van der Waals surface area contributed by atoms with Crippen LogP contribution in [0.4, 0.5) is 0 Å². The molecule has 1 aromatic rings. The van der Waals surface area contributed by atoms with Gasteiger partial charge in [-0.25, -0.2) is 0 Å². The van der Waals surface area contributed by atoms with E-state index in [0.717, 1.165) is 38.4 Å². The first-order chi connectivity index (χ1) is 12.7. The number of hydrogen-bond acceptors (Lipinski definition) is 5. The second kappa shape index (κ2) is 9.35. The molecule has 1 heterocycles. The number of aliphatic hydroxyl groups excluding tert-OH is 1. The number of hydrogen-bond donors (Lipinski definition) is 2. The van der Waals surface area contributed by atoms with Gasteiger partial charge in [-0.1, -0.05) is 0 Å². The van der Waals surface area contributed by atoms with Crippen LogP contribution in [0.15, 0.2) is 24.3 Å². The van der Waals surface area contributed by atoms with Gasteiger partial charge in [0.25, 0.3) is 5.91 Å². The summed E-state index contributed by atoms with van der Waals surface area (Å²) in [5, 5.41) is 13.4. The molecule has 1 aromatic carbocycles. The third kappa shape index (κ3) is 5.69. The molecule has 26 heavy (non-hydrogen) atoms. The van der Waals surface area contributed by atoms with E-state index in [2.05, 4.69) is 10.2 Å². The van der Waals surface area contributed by atoms with E-state index in [1.165, 1.54) is 12.8 Å². The number of benzene rings is 1. The summed E-state index contributed by atoms with van der Waals surface area (Å²) in [6.45, 7) is 3.83. The molecule has 2 aliphatic rings. The average molecular weight is 362 g/mol. The minimum absolute atomic E-state index is 0.147. The highest BCUT2D eigenvalue weighted by molar-refractivity contribution is 5.94. The Hall–Kier alpha value is -1.63. The zero-order chi connectivity index (χ0) is 18.4. The van der Waals surface area contributed by atoms with Crippen molar-refractivity contribution < 1.29 is 19.4 Å². The largest absolute Gasteiger partial charge is 0.491 e. The number of carbonyl (C=O) groups excluding carboxylic acids is 1. The number of likely N-dealkylation sites (tertiary alicyclic amines) is 1. The Morgan fingerprint density at radius 1 is 1.23 bits per heavy atom. The molecule has 2 unspecified atom stereocenters. The monoisotopic (exact) mass is 362 g/mol. The second-order valence-corrected chi connectivity index (χ2v) is 7.36. The summed E-state index contributed by atoms with van der Waals surface area (Å²) in [6, 6.07) is 6.85. The van der Waals surface area contributed by atoms with Crippen molar-refractivity contribution in [3.63, 3.8) is 0 Å². The first kappa shape index (κ1) is 19.1. The molecule has 1 aliphatic heterocycles. The summed E-state index contributed by atoms with van der Waals surface area (Å²) in [6.07, 6.45) is 3.86. The fraction of sp³-hybridized carbons (Fsp3) is 0.650. The predicted octanol–water partition coefficient (Wildman–Crippen LogP) is 1.68. The number of nitrogens with zero attached hydrogens (tertiary/aromatic N) is 1. The van der Waals surface area contributed by atoms with E-state index < -0.39 is 6.10 Å². The Kier molecular flexibility index (Phi) is 6.88. The normalized spacial score (nSPS) is 24.1. The summed E-state index contributed by atoms with van der Waals surface area (Å²) in [4.78, 5) is 15.0. The van der Waals surface area contributed by atoms with Crippen LogP contribution in [0.3, 0.4) is 0 Å². The van der Waals surface area contributed by atoms with Gasteiger partial charge in [0.2, 0.25) is 0 Å². The average Bonchev–Trinajstić information content (AvgIpc) is 3.46. The molecule has 2 N–H and O–H groups in total. The number of nitrogens with one attached hydrogen (secondary N) is 1. The van der Waals surface area contributed by atoms with Gasteiger partial charge in [-0.2, -0.15) is 0 Å². The maximum absolute atomic E-state index is 12.6. The van der Waals surface area contributed by atoms with E-state index in [4.69, 9.17) is 9.47 Å². The van der Waals surface area contributed by atoms with Crippen LogP contribution in [0, 0.1) is 5.92 Å². The lowest BCUT2D eigenvalue weighted by Crippen LogP contribution is -2.49. The quantitative estimate of drug-likeness (QED) is 0.689. The lowest BCUT2D eigenvalue weighted by Gasteiger charge is -2.27. The van der Waals surface area contributed by atoms with Crippen LogP contribution in [0.1, 0.15) is 36.0 Å². The molecular weight excluding hydrogens is 332 g/mol. The van der Waals surface area contributed by atoms with Crippen molar-refractivity contribution in [3.8, 4) is 5.75 Å². The molecule has 0 radical (unpaired) electrons. The van der Waals surface area contributed by atoms with Crippen LogP contribution < -0.4 is 10.1 Å². The van der Waals surface area contributed by atoms with E-state index >= 15 is 0 Å². The van der Waals surface area contributed by atoms with Gasteiger partial charge in [-0.15, -0.1) is 0 Å². The smallest absolute Gasteiger partial charge is 0.251 e. The second-order valence-electron chi connectivity index (χ2n) is 7.36. The highest BCUT2D eigenvalue weighted by Gasteiger charge is 2.30. The summed E-state index contributed by atoms with van der Waals surface area (Å²) in [5.74, 6) is 1.38. The van der Waals surface area contributed by atoms with E-state index in [1.54, 1.807) is 31.4 Å². The SMILES string of the molecule is COCCOc1ccc(C(=O)NC2CN(CC3CC3)CCCC2O)cc1. The van der Waals surface area contributed by atoms with Gasteiger partial charge in [0.1, 0.15) is 12.4 Å². The third-order valence-corrected chi connectivity index (χ3v) is 5.10. The molecular formula is C20H30N2O4. The topological polar surface area (TPSA) is 71.0 Å². The zero-order valence-corrected chi connectivity index (χ0v) is 15.5. The van der Waals surface area contributed by atoms with E-state index in [0.29, 0.717) is 24.5 Å². The molecule has 1 saturated carbocycles. The zero-order valence-electron chi connectivity index (χ0n) is 15.5. The van der Waals surface area contributed by atoms with Gasteiger partial charge < -0.3 is 24.8 Å². The van der Waals surface area contributed by atoms with Gasteiger partial charge >= 0.3 is 0 Å². The van der Waals surface area contributed by atoms with Crippen molar-refractivity contribution in [3.05, 3.63) is 29.8 Å². The van der Waals surface area contributed by atoms with Crippen LogP contribution in [-0.4, -0.2) is 68.0 Å². The fourth-order valence-electron chi connectivity index (χ4n) is 3.39. The Morgan fingerprint density at radius 3 is 2.69 bits per heavy atom. The third-order valence-electron chi connectivity index (χ3n) is 5.10. The standard InChI is InChI=1S/C20H30N2O4/c1-25-11-12-26-17-8-6-16(7-9-17)20(24)21-18-14-22(13-15-4-5-15)10-2-3-19(18)23/h6-9,15,18-19,23H,2-5,10-14H2,1H3,(H,21,24). The number of ether oxygens (including phenoxy) is 2. The summed E-state index contributed by atoms with van der Waals surface area (Å²) in [5.41, 5.74) is 0.578. The summed E-state index contributed by atoms with van der Waals surface area (Å²) in [7, 11) is 1.63. The van der Waals surface area contributed by atoms with Crippen molar-refractivity contribution in [2.24, 2.45) is 5.92 Å². The van der Waals surface area contributed by atoms with Crippen molar-refractivity contribution in [2.45, 2.75) is 37.8 Å². The number of carbonyl (C=O) groups is 1. The minimum Gasteiger partial charge on any atom is -0.491 e. The van der Waals surface area contributed by atoms with E-state index in [9.17, 15) is 9.90 Å². The molecule has 1 aliphatic carbocycles. The van der Waals surface area contributed by atoms with E-state index in [-0.39, 0.29) is 11.9 Å². The predicted molar refractivity (Wildman–Crippen MR) is 99.5 cm³/mol. The molecule has 2 atom stereocenters. The number of methoxy groups -OCH3 is 1. The Morgan fingerprint density at radius 2 is 2.00 bits per heavy atom. The summed E-state index contributed by atoms with van der Waals surface area (Å²) < 4.78 is 10.5. The molecule has 6 heteroatoms. The Balaban J connectivity index is 1.54. The Labute approximate surface area is 155 Å². The van der Waals surface area contributed by atoms with Crippen molar-refractivity contribution >= 4 is 5.91 Å². The summed E-state index contributed by atoms with van der Waals surface area (Å²) >= 11 is 0. The minimum atomic E-state index is -0.486. The van der Waals surface area contributed by atoms with Crippen LogP contribution in [0.2, 0.25) is 0 Å². The van der Waals surface area contributed by atoms with Crippen LogP contribution in [0.25, 0.3) is 0 Å². The number of amides is 1. The van der Waals surface area contributed by atoms with Gasteiger partial charge in [0.15, 0.2) is 0 Å². The molecule has 144 valence electrons. The highest BCUT2D eigenvalue weighted by Crippen LogP contribution is 2.30. The van der Waals surface area contributed by atoms with Gasteiger partial charge in [-0.05, 0) is 62.4 Å². The molecule has 6 nitrogen and oxygen atoms in total.